The lowest BCUT2D eigenvalue weighted by Gasteiger charge is -2.32. The highest BCUT2D eigenvalue weighted by atomic mass is 19.1. The second kappa shape index (κ2) is 13.6. The first-order valence-corrected chi connectivity index (χ1v) is 14.7. The van der Waals surface area contributed by atoms with Crippen LogP contribution in [0.15, 0.2) is 97.1 Å². The van der Waals surface area contributed by atoms with E-state index in [1.807, 2.05) is 42.5 Å². The Bertz CT molecular complexity index is 1790. The fourth-order valence-corrected chi connectivity index (χ4v) is 5.46. The van der Waals surface area contributed by atoms with Gasteiger partial charge in [-0.3, -0.25) is 9.59 Å². The van der Waals surface area contributed by atoms with Crippen molar-refractivity contribution in [3.63, 3.8) is 0 Å². The maximum atomic E-state index is 15.0. The van der Waals surface area contributed by atoms with Crippen molar-refractivity contribution >= 4 is 34.2 Å². The van der Waals surface area contributed by atoms with E-state index in [1.165, 1.54) is 22.8 Å². The first-order valence-electron chi connectivity index (χ1n) is 14.7. The summed E-state index contributed by atoms with van der Waals surface area (Å²) in [5.41, 5.74) is 3.66. The Kier molecular flexibility index (Phi) is 8.97. The molecule has 11 heteroatoms. The van der Waals surface area contributed by atoms with Gasteiger partial charge in [0.1, 0.15) is 29.7 Å². The van der Waals surface area contributed by atoms with Crippen LogP contribution in [0.1, 0.15) is 17.2 Å². The van der Waals surface area contributed by atoms with Crippen LogP contribution in [-0.2, 0) is 27.4 Å². The maximum Gasteiger partial charge on any atom is 0.251 e. The highest BCUT2D eigenvalue weighted by molar-refractivity contribution is 5.98. The molecule has 5 aromatic rings. The predicted molar refractivity (Wildman–Crippen MR) is 168 cm³/mol. The quantitative estimate of drug-likeness (QED) is 0.243. The zero-order chi connectivity index (χ0) is 31.2. The molecule has 0 spiro atoms. The van der Waals surface area contributed by atoms with Gasteiger partial charge in [-0.1, -0.05) is 47.7 Å². The van der Waals surface area contributed by atoms with Crippen LogP contribution in [0.25, 0.3) is 11.0 Å². The number of morpholine rings is 1. The van der Waals surface area contributed by atoms with Gasteiger partial charge in [0.25, 0.3) is 5.91 Å². The molecule has 1 aromatic heterocycles. The number of hydrogen-bond acceptors (Lipinski definition) is 7. The monoisotopic (exact) mass is 608 g/mol. The Balaban J connectivity index is 1.36. The number of amides is 2. The van der Waals surface area contributed by atoms with Crippen molar-refractivity contribution in [2.45, 2.75) is 19.1 Å². The minimum Gasteiger partial charge on any atom is -0.497 e. The molecule has 6 rings (SSSR count). The summed E-state index contributed by atoms with van der Waals surface area (Å²) in [7, 11) is 1.53. The van der Waals surface area contributed by atoms with Gasteiger partial charge in [-0.15, -0.1) is 5.10 Å². The first-order chi connectivity index (χ1) is 22.0. The van der Waals surface area contributed by atoms with Crippen molar-refractivity contribution in [3.8, 4) is 5.75 Å². The fraction of sp³-hybridized carbons (Fsp3) is 0.235. The number of halogens is 1. The Morgan fingerprint density at radius 2 is 1.73 bits per heavy atom. The zero-order valence-electron chi connectivity index (χ0n) is 24.8. The topological polar surface area (TPSA) is 102 Å². The second-order valence-electron chi connectivity index (χ2n) is 10.7. The van der Waals surface area contributed by atoms with E-state index < -0.39 is 23.7 Å². The van der Waals surface area contributed by atoms with Crippen LogP contribution in [0.4, 0.5) is 15.8 Å². The summed E-state index contributed by atoms with van der Waals surface area (Å²) < 4.78 is 27.4. The summed E-state index contributed by atoms with van der Waals surface area (Å²) in [5.74, 6) is -0.874. The molecular weight excluding hydrogens is 575 g/mol. The van der Waals surface area contributed by atoms with E-state index in [4.69, 9.17) is 9.47 Å². The summed E-state index contributed by atoms with van der Waals surface area (Å²) >= 11 is 0. The third-order valence-corrected chi connectivity index (χ3v) is 7.80. The van der Waals surface area contributed by atoms with Crippen molar-refractivity contribution < 1.29 is 23.5 Å². The molecule has 10 nitrogen and oxygen atoms in total. The third kappa shape index (κ3) is 6.78. The first kappa shape index (κ1) is 29.8. The molecule has 0 radical (unpaired) electrons. The van der Waals surface area contributed by atoms with Crippen LogP contribution >= 0.6 is 0 Å². The third-order valence-electron chi connectivity index (χ3n) is 7.80. The number of nitrogens with one attached hydrogen (secondary N) is 1. The maximum absolute atomic E-state index is 15.0. The summed E-state index contributed by atoms with van der Waals surface area (Å²) in [6.45, 7) is 2.53. The Labute approximate surface area is 260 Å². The van der Waals surface area contributed by atoms with E-state index in [0.29, 0.717) is 41.2 Å². The molecule has 1 unspecified atom stereocenters. The number of methoxy groups -OCH3 is 1. The van der Waals surface area contributed by atoms with Crippen molar-refractivity contribution in [3.05, 3.63) is 114 Å². The minimum absolute atomic E-state index is 0.163. The summed E-state index contributed by atoms with van der Waals surface area (Å²) in [6, 6.07) is 26.9. The number of fused-ring (bicyclic) bond motifs is 1. The predicted octanol–water partition coefficient (Wildman–Crippen LogP) is 4.82. The van der Waals surface area contributed by atoms with E-state index in [2.05, 4.69) is 20.5 Å². The van der Waals surface area contributed by atoms with Gasteiger partial charge in [0, 0.05) is 36.6 Å². The lowest BCUT2D eigenvalue weighted by atomic mass is 10.0. The molecule has 2 heterocycles. The van der Waals surface area contributed by atoms with Crippen molar-refractivity contribution in [2.24, 2.45) is 0 Å². The average molecular weight is 609 g/mol. The van der Waals surface area contributed by atoms with Gasteiger partial charge in [-0.2, -0.15) is 0 Å². The van der Waals surface area contributed by atoms with Crippen LogP contribution in [0.3, 0.4) is 0 Å². The highest BCUT2D eigenvalue weighted by Crippen LogP contribution is 2.30. The fourth-order valence-electron chi connectivity index (χ4n) is 5.46. The molecule has 230 valence electrons. The lowest BCUT2D eigenvalue weighted by molar-refractivity contribution is -0.140. The van der Waals surface area contributed by atoms with E-state index in [1.54, 1.807) is 48.5 Å². The van der Waals surface area contributed by atoms with Gasteiger partial charge in [-0.05, 0) is 60.2 Å². The molecular formula is C34H33FN6O4. The number of aromatic nitrogens is 3. The highest BCUT2D eigenvalue weighted by Gasteiger charge is 2.33. The summed E-state index contributed by atoms with van der Waals surface area (Å²) in [5, 5.41) is 11.3. The molecule has 1 fully saturated rings. The number of rotatable bonds is 10. The largest absolute Gasteiger partial charge is 0.497 e. The number of para-hydroxylation sites is 1. The molecule has 1 saturated heterocycles. The van der Waals surface area contributed by atoms with Crippen molar-refractivity contribution in [1.82, 2.24) is 19.9 Å². The van der Waals surface area contributed by atoms with E-state index in [0.717, 1.165) is 18.8 Å². The van der Waals surface area contributed by atoms with Crippen LogP contribution in [0.5, 0.6) is 5.75 Å². The normalized spacial score (nSPS) is 13.8. The summed E-state index contributed by atoms with van der Waals surface area (Å²) in [6.07, 6.45) is 0. The summed E-state index contributed by atoms with van der Waals surface area (Å²) in [4.78, 5) is 32.0. The van der Waals surface area contributed by atoms with Crippen LogP contribution in [0.2, 0.25) is 0 Å². The van der Waals surface area contributed by atoms with Crippen molar-refractivity contribution in [1.29, 1.82) is 0 Å². The molecule has 2 amide bonds. The van der Waals surface area contributed by atoms with Crippen LogP contribution in [-0.4, -0.2) is 65.1 Å². The van der Waals surface area contributed by atoms with Gasteiger partial charge >= 0.3 is 0 Å². The number of carbonyl (C=O) groups excluding carboxylic acids is 2. The zero-order valence-corrected chi connectivity index (χ0v) is 24.8. The van der Waals surface area contributed by atoms with E-state index >= 15 is 4.39 Å². The molecule has 1 atom stereocenters. The number of ether oxygens (including phenoxy) is 2. The number of carbonyl (C=O) groups is 2. The number of hydrogen-bond donors (Lipinski definition) is 1. The van der Waals surface area contributed by atoms with Gasteiger partial charge in [-0.25, -0.2) is 9.07 Å². The molecule has 0 saturated carbocycles. The number of benzene rings is 4. The Morgan fingerprint density at radius 3 is 2.51 bits per heavy atom. The van der Waals surface area contributed by atoms with Crippen molar-refractivity contribution in [2.75, 3.05) is 43.6 Å². The molecule has 0 bridgehead atoms. The number of anilines is 2. The molecule has 1 aliphatic heterocycles. The standard InChI is InChI=1S/C34H33FN6O4/c1-44-28-9-6-8-24(21-28)33(34(43)36-26-13-15-27(16-14-26)39-17-19-45-20-18-39)40(22-25-7-2-3-10-29(25)35)32(42)23-41-31-12-5-4-11-30(31)37-38-41/h2-16,21,33H,17-20,22-23H2,1H3,(H,36,43). The van der Waals surface area contributed by atoms with Crippen LogP contribution in [0, 0.1) is 5.82 Å². The molecule has 4 aromatic carbocycles. The van der Waals surface area contributed by atoms with E-state index in [-0.39, 0.29) is 18.7 Å². The molecule has 0 aliphatic carbocycles. The average Bonchev–Trinajstić information content (AvgIpc) is 3.48. The van der Waals surface area contributed by atoms with Crippen LogP contribution < -0.4 is 15.0 Å². The van der Waals surface area contributed by atoms with Gasteiger partial charge < -0.3 is 24.6 Å². The SMILES string of the molecule is COc1cccc(C(C(=O)Nc2ccc(N3CCOCC3)cc2)N(Cc2ccccc2F)C(=O)Cn2nnc3ccccc32)c1. The Morgan fingerprint density at radius 1 is 0.978 bits per heavy atom. The minimum atomic E-state index is -1.14. The smallest absolute Gasteiger partial charge is 0.251 e. The number of nitrogens with zero attached hydrogens (tertiary/aromatic N) is 5. The molecule has 45 heavy (non-hydrogen) atoms. The second-order valence-corrected chi connectivity index (χ2v) is 10.7. The van der Waals surface area contributed by atoms with E-state index in [9.17, 15) is 9.59 Å². The molecule has 1 aliphatic rings. The van der Waals surface area contributed by atoms with Gasteiger partial charge in [0.15, 0.2) is 0 Å². The Hall–Kier alpha value is -5.29. The van der Waals surface area contributed by atoms with Gasteiger partial charge in [0.05, 0.1) is 25.8 Å². The lowest BCUT2D eigenvalue weighted by Crippen LogP contribution is -2.42. The molecule has 1 N–H and O–H groups in total. The van der Waals surface area contributed by atoms with Gasteiger partial charge in [0.2, 0.25) is 5.91 Å².